The minimum absolute atomic E-state index is 0.0390. The first-order valence-electron chi connectivity index (χ1n) is 18.8. The average Bonchev–Trinajstić information content (AvgIpc) is 3.77. The number of para-hydroxylation sites is 2. The maximum Gasteiger partial charge on any atom is 0.135 e. The first kappa shape index (κ1) is 35.2. The summed E-state index contributed by atoms with van der Waals surface area (Å²) in [7, 11) is 0. The van der Waals surface area contributed by atoms with Crippen molar-refractivity contribution in [3.05, 3.63) is 206 Å². The Kier molecular flexibility index (Phi) is 9.76. The predicted molar refractivity (Wildman–Crippen MR) is 236 cm³/mol. The van der Waals surface area contributed by atoms with Crippen LogP contribution < -0.4 is 10.4 Å². The van der Waals surface area contributed by atoms with Gasteiger partial charge < -0.3 is 13.9 Å². The molecule has 0 N–H and O–H groups in total. The highest BCUT2D eigenvalue weighted by atomic mass is 16.3. The minimum atomic E-state index is 0.0390. The molecular weight excluding hydrogens is 669 g/mol. The molecule has 0 amide bonds. The van der Waals surface area contributed by atoms with Gasteiger partial charge >= 0.3 is 0 Å². The molecule has 0 saturated carbocycles. The zero-order valence-corrected chi connectivity index (χ0v) is 31.1. The average molecular weight is 713 g/mol. The fourth-order valence-corrected chi connectivity index (χ4v) is 7.72. The second-order valence-corrected chi connectivity index (χ2v) is 14.0. The van der Waals surface area contributed by atoms with Crippen molar-refractivity contribution in [3.63, 3.8) is 0 Å². The SMILES string of the molecule is C=CC=c1ccccc1=CN(C(=C)CCC(=C)c1ccc(-n2c3ccccc3c3cc(-c4ccc5oc6ccccc6c5c4)ccc32)cc1)C(C=C)CC=C. The number of hydrogen-bond donors (Lipinski definition) is 0. The molecule has 0 aliphatic rings. The second-order valence-electron chi connectivity index (χ2n) is 14.0. The van der Waals surface area contributed by atoms with Gasteiger partial charge in [-0.05, 0) is 100 Å². The van der Waals surface area contributed by atoms with Gasteiger partial charge in [0.2, 0.25) is 0 Å². The van der Waals surface area contributed by atoms with Crippen molar-refractivity contribution >= 4 is 61.6 Å². The molecule has 55 heavy (non-hydrogen) atoms. The van der Waals surface area contributed by atoms with Gasteiger partial charge in [-0.3, -0.25) is 0 Å². The van der Waals surface area contributed by atoms with Crippen molar-refractivity contribution in [1.29, 1.82) is 0 Å². The van der Waals surface area contributed by atoms with E-state index in [2.05, 4.69) is 164 Å². The highest BCUT2D eigenvalue weighted by Crippen LogP contribution is 2.37. The van der Waals surface area contributed by atoms with E-state index in [1.165, 1.54) is 32.9 Å². The summed E-state index contributed by atoms with van der Waals surface area (Å²) in [6, 6.07) is 47.3. The van der Waals surface area contributed by atoms with Crippen molar-refractivity contribution < 1.29 is 4.42 Å². The van der Waals surface area contributed by atoms with Crippen LogP contribution in [0.25, 0.3) is 78.4 Å². The predicted octanol–water partition coefficient (Wildman–Crippen LogP) is 12.5. The maximum absolute atomic E-state index is 6.11. The summed E-state index contributed by atoms with van der Waals surface area (Å²) in [5.74, 6) is 0. The molecule has 6 aromatic carbocycles. The molecule has 8 aromatic rings. The maximum atomic E-state index is 6.11. The van der Waals surface area contributed by atoms with Gasteiger partial charge in [0.15, 0.2) is 0 Å². The van der Waals surface area contributed by atoms with E-state index in [0.29, 0.717) is 0 Å². The number of aromatic nitrogens is 1. The van der Waals surface area contributed by atoms with Gasteiger partial charge in [-0.25, -0.2) is 0 Å². The van der Waals surface area contributed by atoms with Gasteiger partial charge in [-0.1, -0.05) is 129 Å². The lowest BCUT2D eigenvalue weighted by Crippen LogP contribution is -2.33. The van der Waals surface area contributed by atoms with E-state index in [-0.39, 0.29) is 6.04 Å². The standard InChI is InChI=1S/C52H44N2O/c1-6-15-39-17-9-10-18-42(39)35-53(43(8-3)16-7-2)37(5)24-23-36(4)38-25-29-44(30-26-38)54-49-21-13-11-19-45(49)47-33-40(27-31-50(47)54)41-28-32-52-48(34-41)46-20-12-14-22-51(46)55-52/h6-15,17-22,25-35,43H,1-5,16,23-24H2. The first-order valence-corrected chi connectivity index (χ1v) is 18.8. The molecule has 2 heterocycles. The van der Waals surface area contributed by atoms with E-state index in [9.17, 15) is 0 Å². The van der Waals surface area contributed by atoms with Crippen LogP contribution in [0.5, 0.6) is 0 Å². The molecule has 0 radical (unpaired) electrons. The van der Waals surface area contributed by atoms with Crippen LogP contribution in [0.1, 0.15) is 24.8 Å². The molecule has 3 nitrogen and oxygen atoms in total. The highest BCUT2D eigenvalue weighted by Gasteiger charge is 2.17. The van der Waals surface area contributed by atoms with E-state index in [0.717, 1.165) is 74.2 Å². The van der Waals surface area contributed by atoms with Crippen LogP contribution in [0.2, 0.25) is 0 Å². The molecular formula is C52H44N2O. The first-order chi connectivity index (χ1) is 27.0. The van der Waals surface area contributed by atoms with Gasteiger partial charge in [0.1, 0.15) is 11.2 Å². The molecule has 3 heteroatoms. The van der Waals surface area contributed by atoms with Crippen LogP contribution in [-0.2, 0) is 0 Å². The van der Waals surface area contributed by atoms with Gasteiger partial charge in [-0.2, -0.15) is 0 Å². The number of rotatable bonds is 13. The lowest BCUT2D eigenvalue weighted by atomic mass is 10.0. The fourth-order valence-electron chi connectivity index (χ4n) is 7.72. The number of allylic oxidation sites excluding steroid dienone is 3. The van der Waals surface area contributed by atoms with E-state index < -0.39 is 0 Å². The molecule has 2 aromatic heterocycles. The molecule has 0 spiro atoms. The Morgan fingerprint density at radius 3 is 2.05 bits per heavy atom. The molecule has 0 aliphatic heterocycles. The zero-order valence-electron chi connectivity index (χ0n) is 31.1. The summed E-state index contributed by atoms with van der Waals surface area (Å²) >= 11 is 0. The topological polar surface area (TPSA) is 21.3 Å². The molecule has 0 aliphatic carbocycles. The molecule has 0 fully saturated rings. The number of benzene rings is 6. The number of furan rings is 1. The van der Waals surface area contributed by atoms with Gasteiger partial charge in [-0.15, -0.1) is 13.2 Å². The number of fused-ring (bicyclic) bond motifs is 6. The second kappa shape index (κ2) is 15.3. The monoisotopic (exact) mass is 712 g/mol. The Morgan fingerprint density at radius 2 is 1.29 bits per heavy atom. The molecule has 0 bridgehead atoms. The molecule has 268 valence electrons. The van der Waals surface area contributed by atoms with Crippen LogP contribution in [0.3, 0.4) is 0 Å². The smallest absolute Gasteiger partial charge is 0.135 e. The number of nitrogens with zero attached hydrogens (tertiary/aromatic N) is 2. The van der Waals surface area contributed by atoms with Crippen LogP contribution in [0, 0.1) is 0 Å². The summed E-state index contributed by atoms with van der Waals surface area (Å²) in [4.78, 5) is 2.23. The van der Waals surface area contributed by atoms with Gasteiger partial charge in [0.05, 0.1) is 17.1 Å². The summed E-state index contributed by atoms with van der Waals surface area (Å²) in [5.41, 5.74) is 10.8. The Labute approximate surface area is 322 Å². The summed E-state index contributed by atoms with van der Waals surface area (Å²) in [5, 5.41) is 6.92. The fraction of sp³-hybridized carbons (Fsp3) is 0.0769. The molecule has 1 atom stereocenters. The lowest BCUT2D eigenvalue weighted by molar-refractivity contribution is 0.416. The molecule has 0 saturated heterocycles. The van der Waals surface area contributed by atoms with Crippen LogP contribution in [0.4, 0.5) is 0 Å². The third-order valence-corrected chi connectivity index (χ3v) is 10.6. The number of hydrogen-bond acceptors (Lipinski definition) is 2. The van der Waals surface area contributed by atoms with E-state index in [1.807, 2.05) is 42.5 Å². The third-order valence-electron chi connectivity index (χ3n) is 10.6. The zero-order chi connectivity index (χ0) is 37.9. The van der Waals surface area contributed by atoms with Gasteiger partial charge in [0.25, 0.3) is 0 Å². The molecule has 1 unspecified atom stereocenters. The van der Waals surface area contributed by atoms with Crippen LogP contribution in [-0.4, -0.2) is 15.5 Å². The van der Waals surface area contributed by atoms with Crippen molar-refractivity contribution in [2.75, 3.05) is 0 Å². The van der Waals surface area contributed by atoms with Crippen LogP contribution in [0.15, 0.2) is 195 Å². The highest BCUT2D eigenvalue weighted by molar-refractivity contribution is 6.11. The van der Waals surface area contributed by atoms with Crippen molar-refractivity contribution in [2.24, 2.45) is 0 Å². The van der Waals surface area contributed by atoms with E-state index in [1.54, 1.807) is 0 Å². The largest absolute Gasteiger partial charge is 0.456 e. The van der Waals surface area contributed by atoms with Crippen molar-refractivity contribution in [3.8, 4) is 16.8 Å². The third kappa shape index (κ3) is 6.77. The van der Waals surface area contributed by atoms with Crippen molar-refractivity contribution in [2.45, 2.75) is 25.3 Å². The normalized spacial score (nSPS) is 12.7. The van der Waals surface area contributed by atoms with E-state index >= 15 is 0 Å². The Morgan fingerprint density at radius 1 is 0.636 bits per heavy atom. The lowest BCUT2D eigenvalue weighted by Gasteiger charge is -2.30. The summed E-state index contributed by atoms with van der Waals surface area (Å²) in [6.07, 6.45) is 12.2. The van der Waals surface area contributed by atoms with Crippen LogP contribution >= 0.6 is 0 Å². The van der Waals surface area contributed by atoms with E-state index in [4.69, 9.17) is 4.42 Å². The Balaban J connectivity index is 1.06. The quantitative estimate of drug-likeness (QED) is 0.111. The minimum Gasteiger partial charge on any atom is -0.456 e. The van der Waals surface area contributed by atoms with Gasteiger partial charge in [0, 0.05) is 39.1 Å². The van der Waals surface area contributed by atoms with Crippen molar-refractivity contribution in [1.82, 2.24) is 9.47 Å². The summed E-state index contributed by atoms with van der Waals surface area (Å²) in [6.45, 7) is 21.1. The Hall–Kier alpha value is -6.84. The Bertz CT molecular complexity index is 2900. The summed E-state index contributed by atoms with van der Waals surface area (Å²) < 4.78 is 8.47. The molecule has 8 rings (SSSR count).